The fourth-order valence-corrected chi connectivity index (χ4v) is 2.70. The van der Waals surface area contributed by atoms with Gasteiger partial charge in [0.2, 0.25) is 0 Å². The van der Waals surface area contributed by atoms with Gasteiger partial charge in [0.1, 0.15) is 0 Å². The Balaban J connectivity index is 1.78. The third-order valence-electron chi connectivity index (χ3n) is 3.25. The van der Waals surface area contributed by atoms with Gasteiger partial charge in [-0.05, 0) is 12.8 Å². The molecule has 0 aromatic heterocycles. The van der Waals surface area contributed by atoms with E-state index in [9.17, 15) is 0 Å². The van der Waals surface area contributed by atoms with Crippen molar-refractivity contribution in [3.8, 4) is 0 Å². The van der Waals surface area contributed by atoms with Crippen molar-refractivity contribution in [3.63, 3.8) is 0 Å². The van der Waals surface area contributed by atoms with Gasteiger partial charge in [0, 0.05) is 45.3 Å². The van der Waals surface area contributed by atoms with E-state index in [-0.39, 0.29) is 0 Å². The summed E-state index contributed by atoms with van der Waals surface area (Å²) in [6.07, 6.45) is 2.55. The van der Waals surface area contributed by atoms with Crippen LogP contribution in [-0.2, 0) is 0 Å². The van der Waals surface area contributed by atoms with Crippen LogP contribution in [0.1, 0.15) is 12.8 Å². The van der Waals surface area contributed by atoms with Crippen molar-refractivity contribution < 1.29 is 0 Å². The normalized spacial score (nSPS) is 29.6. The van der Waals surface area contributed by atoms with Crippen molar-refractivity contribution in [2.75, 3.05) is 39.3 Å². The molecule has 2 aliphatic rings. The fraction of sp³-hybridized carbons (Fsp3) is 1.00. The van der Waals surface area contributed by atoms with Gasteiger partial charge in [0.05, 0.1) is 0 Å². The van der Waals surface area contributed by atoms with Crippen LogP contribution in [-0.4, -0.2) is 58.8 Å². The maximum absolute atomic E-state index is 4.37. The first-order chi connectivity index (χ1) is 6.75. The first-order valence-corrected chi connectivity index (χ1v) is 6.17. The molecule has 0 unspecified atom stereocenters. The predicted octanol–water partition coefficient (Wildman–Crippen LogP) is 0.758. The van der Waals surface area contributed by atoms with Crippen LogP contribution in [0.2, 0.25) is 0 Å². The van der Waals surface area contributed by atoms with Gasteiger partial charge in [-0.3, -0.25) is 13.5 Å². The van der Waals surface area contributed by atoms with Gasteiger partial charge in [-0.15, -0.1) is 0 Å². The van der Waals surface area contributed by atoms with Gasteiger partial charge in [-0.2, -0.15) is 0 Å². The van der Waals surface area contributed by atoms with E-state index < -0.39 is 0 Å². The third kappa shape index (κ3) is 2.79. The molecule has 2 fully saturated rings. The second-order valence-electron chi connectivity index (χ2n) is 4.17. The highest BCUT2D eigenvalue weighted by Crippen LogP contribution is 2.19. The van der Waals surface area contributed by atoms with Gasteiger partial charge in [0.25, 0.3) is 0 Å². The Kier molecular flexibility index (Phi) is 4.01. The third-order valence-corrected chi connectivity index (χ3v) is 4.05. The molecule has 14 heavy (non-hydrogen) atoms. The van der Waals surface area contributed by atoms with Crippen molar-refractivity contribution in [1.82, 2.24) is 13.5 Å². The van der Waals surface area contributed by atoms with Gasteiger partial charge in [0.15, 0.2) is 0 Å². The second kappa shape index (κ2) is 5.07. The number of hydrogen-bond donors (Lipinski definition) is 2. The molecule has 0 bridgehead atoms. The van der Waals surface area contributed by atoms with Crippen LogP contribution in [0.15, 0.2) is 0 Å². The smallest absolute Gasteiger partial charge is 0.0216 e. The number of rotatable bonds is 1. The highest BCUT2D eigenvalue weighted by molar-refractivity contribution is 7.77. The van der Waals surface area contributed by atoms with Crippen LogP contribution < -0.4 is 0 Å². The summed E-state index contributed by atoms with van der Waals surface area (Å²) in [4.78, 5) is 2.62. The topological polar surface area (TPSA) is 9.72 Å². The minimum absolute atomic E-state index is 0.792. The van der Waals surface area contributed by atoms with Crippen molar-refractivity contribution >= 4 is 25.6 Å². The Bertz CT molecular complexity index is 155. The van der Waals surface area contributed by atoms with Crippen molar-refractivity contribution in [2.24, 2.45) is 0 Å². The lowest BCUT2D eigenvalue weighted by atomic mass is 10.0. The number of thiol groups is 2. The van der Waals surface area contributed by atoms with E-state index >= 15 is 0 Å². The van der Waals surface area contributed by atoms with Crippen molar-refractivity contribution in [1.29, 1.82) is 0 Å². The zero-order valence-electron chi connectivity index (χ0n) is 8.47. The summed E-state index contributed by atoms with van der Waals surface area (Å²) in [7, 11) is 0. The SMILES string of the molecule is SN1CCC(N2CCN(S)CC2)CC1. The molecule has 0 aromatic carbocycles. The van der Waals surface area contributed by atoms with Crippen LogP contribution in [0.3, 0.4) is 0 Å². The maximum atomic E-state index is 4.37. The predicted molar refractivity (Wildman–Crippen MR) is 65.7 cm³/mol. The molecule has 2 heterocycles. The molecular weight excluding hydrogens is 214 g/mol. The van der Waals surface area contributed by atoms with Crippen LogP contribution in [0.25, 0.3) is 0 Å². The molecule has 0 atom stereocenters. The molecule has 0 saturated carbocycles. The van der Waals surface area contributed by atoms with Crippen LogP contribution in [0, 0.1) is 0 Å². The molecule has 0 N–H and O–H groups in total. The molecule has 0 aromatic rings. The molecule has 0 aliphatic carbocycles. The zero-order valence-corrected chi connectivity index (χ0v) is 10.3. The summed E-state index contributed by atoms with van der Waals surface area (Å²) < 4.78 is 4.25. The minimum Gasteiger partial charge on any atom is -0.298 e. The number of piperidine rings is 1. The molecule has 5 heteroatoms. The average Bonchev–Trinajstić information content (AvgIpc) is 2.21. The summed E-state index contributed by atoms with van der Waals surface area (Å²) in [5.41, 5.74) is 0. The van der Waals surface area contributed by atoms with Gasteiger partial charge >= 0.3 is 0 Å². The summed E-state index contributed by atoms with van der Waals surface area (Å²) >= 11 is 8.74. The second-order valence-corrected chi connectivity index (χ2v) is 5.31. The zero-order chi connectivity index (χ0) is 9.97. The van der Waals surface area contributed by atoms with Crippen LogP contribution in [0.4, 0.5) is 0 Å². The summed E-state index contributed by atoms with van der Waals surface area (Å²) in [5, 5.41) is 0. The average molecular weight is 233 g/mol. The molecule has 0 radical (unpaired) electrons. The lowest BCUT2D eigenvalue weighted by molar-refractivity contribution is 0.107. The Morgan fingerprint density at radius 1 is 0.714 bits per heavy atom. The Morgan fingerprint density at radius 3 is 1.79 bits per heavy atom. The molecule has 2 rings (SSSR count). The Morgan fingerprint density at radius 2 is 1.21 bits per heavy atom. The lowest BCUT2D eigenvalue weighted by Gasteiger charge is -2.40. The fourth-order valence-electron chi connectivity index (χ4n) is 2.29. The van der Waals surface area contributed by atoms with Gasteiger partial charge in [-0.1, -0.05) is 25.6 Å². The van der Waals surface area contributed by atoms with Gasteiger partial charge < -0.3 is 0 Å². The van der Waals surface area contributed by atoms with E-state index in [1.807, 2.05) is 0 Å². The lowest BCUT2D eigenvalue weighted by Crippen LogP contribution is -2.50. The van der Waals surface area contributed by atoms with Crippen molar-refractivity contribution in [2.45, 2.75) is 18.9 Å². The summed E-state index contributed by atoms with van der Waals surface area (Å²) in [5.74, 6) is 0. The van der Waals surface area contributed by atoms with Gasteiger partial charge in [-0.25, -0.2) is 0 Å². The number of piperazine rings is 1. The van der Waals surface area contributed by atoms with E-state index in [0.29, 0.717) is 0 Å². The molecule has 0 spiro atoms. The Labute approximate surface area is 97.5 Å². The minimum atomic E-state index is 0.792. The molecular formula is C9H19N3S2. The van der Waals surface area contributed by atoms with E-state index in [1.54, 1.807) is 0 Å². The number of nitrogens with zero attached hydrogens (tertiary/aromatic N) is 3. The monoisotopic (exact) mass is 233 g/mol. The summed E-state index contributed by atoms with van der Waals surface area (Å²) in [6, 6.07) is 0.792. The molecule has 3 nitrogen and oxygen atoms in total. The number of hydrogen-bond acceptors (Lipinski definition) is 5. The van der Waals surface area contributed by atoms with E-state index in [0.717, 1.165) is 32.2 Å². The molecule has 82 valence electrons. The summed E-state index contributed by atoms with van der Waals surface area (Å²) in [6.45, 7) is 6.83. The van der Waals surface area contributed by atoms with Crippen LogP contribution >= 0.6 is 25.6 Å². The largest absolute Gasteiger partial charge is 0.298 e. The first-order valence-electron chi connectivity index (χ1n) is 5.37. The standard InChI is InChI=1S/C9H19N3S2/c13-11-3-1-9(2-4-11)10-5-7-12(14)8-6-10/h9,13-14H,1-8H2. The van der Waals surface area contributed by atoms with E-state index in [2.05, 4.69) is 39.1 Å². The van der Waals surface area contributed by atoms with Crippen LogP contribution in [0.5, 0.6) is 0 Å². The van der Waals surface area contributed by atoms with Crippen molar-refractivity contribution in [3.05, 3.63) is 0 Å². The highest BCUT2D eigenvalue weighted by atomic mass is 32.1. The first kappa shape index (κ1) is 11.1. The van der Waals surface area contributed by atoms with E-state index in [1.165, 1.54) is 25.9 Å². The maximum Gasteiger partial charge on any atom is 0.0216 e. The molecule has 2 saturated heterocycles. The Hall–Kier alpha value is 0.580. The quantitative estimate of drug-likeness (QED) is 0.648. The molecule has 0 amide bonds. The highest BCUT2D eigenvalue weighted by Gasteiger charge is 2.25. The molecule has 2 aliphatic heterocycles. The van der Waals surface area contributed by atoms with E-state index in [4.69, 9.17) is 0 Å².